The van der Waals surface area contributed by atoms with Crippen molar-refractivity contribution in [2.75, 3.05) is 11.9 Å². The van der Waals surface area contributed by atoms with Crippen molar-refractivity contribution in [3.8, 4) is 11.1 Å². The predicted octanol–water partition coefficient (Wildman–Crippen LogP) is 3.63. The molecular weight excluding hydrogens is 379 g/mol. The maximum absolute atomic E-state index is 14.3. The van der Waals surface area contributed by atoms with E-state index in [4.69, 9.17) is 0 Å². The van der Waals surface area contributed by atoms with Gasteiger partial charge in [-0.05, 0) is 30.9 Å². The second kappa shape index (κ2) is 6.56. The number of rotatable bonds is 3. The van der Waals surface area contributed by atoms with Gasteiger partial charge in [-0.1, -0.05) is 18.6 Å². The van der Waals surface area contributed by atoms with Crippen LogP contribution in [0, 0.1) is 23.4 Å². The first-order valence-electron chi connectivity index (χ1n) is 8.47. The average Bonchev–Trinajstić information content (AvgIpc) is 2.56. The molecule has 2 aromatic rings. The Bertz CT molecular complexity index is 1050. The summed E-state index contributed by atoms with van der Waals surface area (Å²) in [6.45, 7) is 0.464. The van der Waals surface area contributed by atoms with Gasteiger partial charge in [-0.2, -0.15) is 0 Å². The molecular formula is C18H16F3N3O2S. The minimum absolute atomic E-state index is 0.0131. The third kappa shape index (κ3) is 3.27. The van der Waals surface area contributed by atoms with Crippen LogP contribution in [0.2, 0.25) is 0 Å². The van der Waals surface area contributed by atoms with Gasteiger partial charge in [0.1, 0.15) is 10.7 Å². The molecule has 2 aromatic carbocycles. The van der Waals surface area contributed by atoms with Gasteiger partial charge in [0.2, 0.25) is 5.96 Å². The van der Waals surface area contributed by atoms with Crippen molar-refractivity contribution >= 4 is 21.7 Å². The fourth-order valence-corrected chi connectivity index (χ4v) is 4.32. The SMILES string of the molecule is O=S1(=O)NC(=NCC2CCC2)Nc2c(-c3cc(F)cc(F)c3F)cccc21. The highest BCUT2D eigenvalue weighted by molar-refractivity contribution is 7.90. The van der Waals surface area contributed by atoms with Crippen molar-refractivity contribution in [3.05, 3.63) is 47.8 Å². The number of nitrogens with one attached hydrogen (secondary N) is 2. The fraction of sp³-hybridized carbons (Fsp3) is 0.278. The number of halogens is 3. The van der Waals surface area contributed by atoms with E-state index in [0.717, 1.165) is 25.3 Å². The molecule has 1 heterocycles. The Morgan fingerprint density at radius 2 is 1.89 bits per heavy atom. The van der Waals surface area contributed by atoms with Crippen LogP contribution in [0.3, 0.4) is 0 Å². The number of anilines is 1. The molecule has 142 valence electrons. The zero-order valence-corrected chi connectivity index (χ0v) is 14.9. The Morgan fingerprint density at radius 3 is 2.59 bits per heavy atom. The van der Waals surface area contributed by atoms with E-state index in [0.29, 0.717) is 18.5 Å². The summed E-state index contributed by atoms with van der Waals surface area (Å²) in [5.74, 6) is -3.14. The normalized spacial score (nSPS) is 19.7. The van der Waals surface area contributed by atoms with Crippen LogP contribution in [0.4, 0.5) is 18.9 Å². The van der Waals surface area contributed by atoms with Crippen LogP contribution >= 0.6 is 0 Å². The number of hydrogen-bond acceptors (Lipinski definition) is 3. The number of sulfonamides is 1. The smallest absolute Gasteiger partial charge is 0.266 e. The third-order valence-electron chi connectivity index (χ3n) is 4.81. The lowest BCUT2D eigenvalue weighted by atomic mass is 9.86. The maximum Gasteiger partial charge on any atom is 0.266 e. The number of guanidine groups is 1. The molecule has 1 aliphatic carbocycles. The molecule has 0 amide bonds. The average molecular weight is 395 g/mol. The van der Waals surface area contributed by atoms with Crippen molar-refractivity contribution in [3.63, 3.8) is 0 Å². The highest BCUT2D eigenvalue weighted by Crippen LogP contribution is 2.37. The number of hydrogen-bond donors (Lipinski definition) is 2. The molecule has 4 rings (SSSR count). The monoisotopic (exact) mass is 395 g/mol. The Kier molecular flexibility index (Phi) is 4.33. The van der Waals surface area contributed by atoms with E-state index in [1.165, 1.54) is 18.2 Å². The first kappa shape index (κ1) is 17.8. The van der Waals surface area contributed by atoms with E-state index in [1.807, 2.05) is 0 Å². The number of para-hydroxylation sites is 1. The Balaban J connectivity index is 1.82. The fourth-order valence-electron chi connectivity index (χ4n) is 3.15. The van der Waals surface area contributed by atoms with Crippen molar-refractivity contribution < 1.29 is 21.6 Å². The minimum atomic E-state index is -3.94. The standard InChI is InChI=1S/C18H16F3N3O2S/c19-11-7-13(16(21)14(20)8-11)12-5-2-6-15-17(12)23-18(24-27(15,25)26)22-9-10-3-1-4-10/h2,5-8,10H,1,3-4,9H2,(H2,22,23,24). The topological polar surface area (TPSA) is 70.6 Å². The molecule has 27 heavy (non-hydrogen) atoms. The molecule has 2 aliphatic rings. The number of benzene rings is 2. The lowest BCUT2D eigenvalue weighted by Crippen LogP contribution is -2.41. The highest BCUT2D eigenvalue weighted by Gasteiger charge is 2.30. The second-order valence-corrected chi connectivity index (χ2v) is 8.30. The summed E-state index contributed by atoms with van der Waals surface area (Å²) in [6.07, 6.45) is 3.21. The third-order valence-corrected chi connectivity index (χ3v) is 6.19. The number of aliphatic imine (C=N–C) groups is 1. The molecule has 0 atom stereocenters. The van der Waals surface area contributed by atoms with Gasteiger partial charge in [-0.3, -0.25) is 4.99 Å². The summed E-state index contributed by atoms with van der Waals surface area (Å²) in [5, 5.41) is 2.84. The zero-order valence-electron chi connectivity index (χ0n) is 14.1. The molecule has 1 saturated carbocycles. The van der Waals surface area contributed by atoms with Crippen LogP contribution < -0.4 is 10.0 Å². The molecule has 5 nitrogen and oxygen atoms in total. The lowest BCUT2D eigenvalue weighted by Gasteiger charge is -2.26. The van der Waals surface area contributed by atoms with Gasteiger partial charge in [0.15, 0.2) is 11.6 Å². The van der Waals surface area contributed by atoms with Gasteiger partial charge in [-0.15, -0.1) is 0 Å². The Hall–Kier alpha value is -2.55. The largest absolute Gasteiger partial charge is 0.324 e. The second-order valence-electron chi connectivity index (χ2n) is 6.64. The number of fused-ring (bicyclic) bond motifs is 1. The van der Waals surface area contributed by atoms with Gasteiger partial charge in [0, 0.05) is 23.7 Å². The van der Waals surface area contributed by atoms with E-state index < -0.39 is 27.5 Å². The van der Waals surface area contributed by atoms with E-state index in [1.54, 1.807) is 0 Å². The summed E-state index contributed by atoms with van der Waals surface area (Å²) in [6, 6.07) is 5.37. The summed E-state index contributed by atoms with van der Waals surface area (Å²) in [4.78, 5) is 4.12. The first-order chi connectivity index (χ1) is 12.8. The molecule has 0 unspecified atom stereocenters. The van der Waals surface area contributed by atoms with Gasteiger partial charge < -0.3 is 5.32 Å². The van der Waals surface area contributed by atoms with Gasteiger partial charge >= 0.3 is 0 Å². The molecule has 9 heteroatoms. The highest BCUT2D eigenvalue weighted by atomic mass is 32.2. The molecule has 2 N–H and O–H groups in total. The van der Waals surface area contributed by atoms with Gasteiger partial charge in [0.05, 0.1) is 5.69 Å². The predicted molar refractivity (Wildman–Crippen MR) is 95.3 cm³/mol. The zero-order chi connectivity index (χ0) is 19.2. The van der Waals surface area contributed by atoms with Crippen molar-refractivity contribution in [2.24, 2.45) is 10.9 Å². The molecule has 1 fully saturated rings. The minimum Gasteiger partial charge on any atom is -0.324 e. The molecule has 0 aromatic heterocycles. The Labute approximate surface area is 154 Å². The van der Waals surface area contributed by atoms with Gasteiger partial charge in [0.25, 0.3) is 10.0 Å². The lowest BCUT2D eigenvalue weighted by molar-refractivity contribution is 0.326. The summed E-state index contributed by atoms with van der Waals surface area (Å²) >= 11 is 0. The van der Waals surface area contributed by atoms with Crippen LogP contribution in [0.5, 0.6) is 0 Å². The van der Waals surface area contributed by atoms with E-state index >= 15 is 0 Å². The summed E-state index contributed by atoms with van der Waals surface area (Å²) in [5.41, 5.74) is -0.301. The van der Waals surface area contributed by atoms with Crippen LogP contribution in [0.15, 0.2) is 40.2 Å². The quantitative estimate of drug-likeness (QED) is 0.780. The molecule has 0 bridgehead atoms. The maximum atomic E-state index is 14.3. The van der Waals surface area contributed by atoms with Crippen LogP contribution in [-0.4, -0.2) is 20.9 Å². The molecule has 0 spiro atoms. The molecule has 0 radical (unpaired) electrons. The van der Waals surface area contributed by atoms with Crippen LogP contribution in [0.25, 0.3) is 11.1 Å². The summed E-state index contributed by atoms with van der Waals surface area (Å²) in [7, 11) is -3.94. The number of nitrogens with zero attached hydrogens (tertiary/aromatic N) is 1. The molecule has 1 aliphatic heterocycles. The summed E-state index contributed by atoms with van der Waals surface area (Å²) < 4.78 is 69.0. The molecule has 0 saturated heterocycles. The van der Waals surface area contributed by atoms with E-state index in [2.05, 4.69) is 15.0 Å². The van der Waals surface area contributed by atoms with Crippen molar-refractivity contribution in [1.29, 1.82) is 0 Å². The van der Waals surface area contributed by atoms with Crippen molar-refractivity contribution in [2.45, 2.75) is 24.2 Å². The first-order valence-corrected chi connectivity index (χ1v) is 9.95. The van der Waals surface area contributed by atoms with Crippen LogP contribution in [0.1, 0.15) is 19.3 Å². The van der Waals surface area contributed by atoms with Crippen LogP contribution in [-0.2, 0) is 10.0 Å². The van der Waals surface area contributed by atoms with E-state index in [-0.39, 0.29) is 27.7 Å². The van der Waals surface area contributed by atoms with E-state index in [9.17, 15) is 21.6 Å². The van der Waals surface area contributed by atoms with Crippen molar-refractivity contribution in [1.82, 2.24) is 4.72 Å². The Morgan fingerprint density at radius 1 is 1.11 bits per heavy atom. The van der Waals surface area contributed by atoms with Gasteiger partial charge in [-0.25, -0.2) is 26.3 Å².